The lowest BCUT2D eigenvalue weighted by Gasteiger charge is -2.23. The summed E-state index contributed by atoms with van der Waals surface area (Å²) in [5.41, 5.74) is 1.58. The molecule has 1 heterocycles. The van der Waals surface area contributed by atoms with E-state index < -0.39 is 5.60 Å². The Morgan fingerprint density at radius 3 is 2.63 bits per heavy atom. The molecule has 2 N–H and O–H groups in total. The van der Waals surface area contributed by atoms with Gasteiger partial charge in [-0.15, -0.1) is 0 Å². The molecule has 0 fully saturated rings. The monoisotopic (exact) mass is 267 g/mol. The van der Waals surface area contributed by atoms with Crippen molar-refractivity contribution in [2.45, 2.75) is 65.5 Å². The van der Waals surface area contributed by atoms with Crippen LogP contribution < -0.4 is 5.32 Å². The van der Waals surface area contributed by atoms with Gasteiger partial charge < -0.3 is 10.4 Å². The van der Waals surface area contributed by atoms with Gasteiger partial charge in [0.1, 0.15) is 0 Å². The van der Waals surface area contributed by atoms with Crippen LogP contribution in [0.15, 0.2) is 6.07 Å². The molecule has 0 spiro atoms. The molecule has 0 saturated heterocycles. The summed E-state index contributed by atoms with van der Waals surface area (Å²) in [4.78, 5) is 0. The number of aryl methyl sites for hydroxylation is 2. The van der Waals surface area contributed by atoms with E-state index in [4.69, 9.17) is 0 Å². The van der Waals surface area contributed by atoms with Crippen LogP contribution in [0.5, 0.6) is 0 Å². The van der Waals surface area contributed by atoms with E-state index in [2.05, 4.69) is 37.3 Å². The first-order valence-corrected chi connectivity index (χ1v) is 7.51. The minimum Gasteiger partial charge on any atom is -0.390 e. The van der Waals surface area contributed by atoms with Gasteiger partial charge in [-0.3, -0.25) is 4.68 Å². The summed E-state index contributed by atoms with van der Waals surface area (Å²) >= 11 is 0. The molecular formula is C15H29N3O. The standard InChI is InChI=1S/C15H29N3O/c1-5-9-16-10-8-15(4,19)12-14-11-13(6-2)17-18(14)7-3/h11,16,19H,5-10,12H2,1-4H3. The zero-order valence-corrected chi connectivity index (χ0v) is 12.9. The molecule has 0 radical (unpaired) electrons. The van der Waals surface area contributed by atoms with Gasteiger partial charge in [0.05, 0.1) is 11.3 Å². The molecule has 0 aromatic carbocycles. The first kappa shape index (κ1) is 16.2. The molecule has 0 bridgehead atoms. The fraction of sp³-hybridized carbons (Fsp3) is 0.800. The van der Waals surface area contributed by atoms with Gasteiger partial charge in [-0.05, 0) is 52.3 Å². The van der Waals surface area contributed by atoms with E-state index in [1.54, 1.807) is 0 Å². The molecule has 4 nitrogen and oxygen atoms in total. The molecule has 1 aromatic rings. The first-order valence-electron chi connectivity index (χ1n) is 7.51. The Kier molecular flexibility index (Phi) is 6.52. The van der Waals surface area contributed by atoms with Gasteiger partial charge in [0.2, 0.25) is 0 Å². The zero-order chi connectivity index (χ0) is 14.3. The van der Waals surface area contributed by atoms with Crippen molar-refractivity contribution >= 4 is 0 Å². The Labute approximate surface area is 117 Å². The highest BCUT2D eigenvalue weighted by molar-refractivity contribution is 5.12. The molecule has 0 aliphatic rings. The minimum absolute atomic E-state index is 0.668. The number of rotatable bonds is 9. The third kappa shape index (κ3) is 5.33. The highest BCUT2D eigenvalue weighted by atomic mass is 16.3. The number of nitrogens with zero attached hydrogens (tertiary/aromatic N) is 2. The van der Waals surface area contributed by atoms with E-state index >= 15 is 0 Å². The fourth-order valence-electron chi connectivity index (χ4n) is 2.24. The third-order valence-electron chi connectivity index (χ3n) is 3.40. The summed E-state index contributed by atoms with van der Waals surface area (Å²) in [6.45, 7) is 11.0. The maximum Gasteiger partial charge on any atom is 0.0686 e. The van der Waals surface area contributed by atoms with Crippen molar-refractivity contribution in [2.24, 2.45) is 0 Å². The van der Waals surface area contributed by atoms with Crippen molar-refractivity contribution in [1.82, 2.24) is 15.1 Å². The van der Waals surface area contributed by atoms with Gasteiger partial charge >= 0.3 is 0 Å². The molecular weight excluding hydrogens is 238 g/mol. The maximum absolute atomic E-state index is 10.5. The second kappa shape index (κ2) is 7.65. The van der Waals surface area contributed by atoms with Gasteiger partial charge in [-0.2, -0.15) is 5.10 Å². The quantitative estimate of drug-likeness (QED) is 0.674. The van der Waals surface area contributed by atoms with Crippen LogP contribution in [0.1, 0.15) is 51.9 Å². The molecule has 0 aliphatic heterocycles. The van der Waals surface area contributed by atoms with Crippen molar-refractivity contribution in [3.05, 3.63) is 17.5 Å². The lowest BCUT2D eigenvalue weighted by molar-refractivity contribution is 0.0495. The van der Waals surface area contributed by atoms with Crippen LogP contribution in [0.3, 0.4) is 0 Å². The Balaban J connectivity index is 2.58. The minimum atomic E-state index is -0.668. The SMILES string of the molecule is CCCNCCC(C)(O)Cc1cc(CC)nn1CC. The average molecular weight is 267 g/mol. The van der Waals surface area contributed by atoms with E-state index in [1.165, 1.54) is 0 Å². The summed E-state index contributed by atoms with van der Waals surface area (Å²) < 4.78 is 2.01. The molecule has 1 rings (SSSR count). The summed E-state index contributed by atoms with van der Waals surface area (Å²) in [5.74, 6) is 0. The lowest BCUT2D eigenvalue weighted by atomic mass is 9.96. The third-order valence-corrected chi connectivity index (χ3v) is 3.40. The first-order chi connectivity index (χ1) is 9.02. The van der Waals surface area contributed by atoms with Crippen LogP contribution >= 0.6 is 0 Å². The Morgan fingerprint density at radius 2 is 2.05 bits per heavy atom. The molecule has 19 heavy (non-hydrogen) atoms. The van der Waals surface area contributed by atoms with Crippen molar-refractivity contribution in [3.8, 4) is 0 Å². The molecule has 1 atom stereocenters. The highest BCUT2D eigenvalue weighted by Gasteiger charge is 2.22. The number of nitrogens with one attached hydrogen (secondary N) is 1. The molecule has 1 unspecified atom stereocenters. The Morgan fingerprint density at radius 1 is 1.32 bits per heavy atom. The zero-order valence-electron chi connectivity index (χ0n) is 12.9. The van der Waals surface area contributed by atoms with Crippen molar-refractivity contribution in [1.29, 1.82) is 0 Å². The molecule has 0 aliphatic carbocycles. The van der Waals surface area contributed by atoms with Crippen LogP contribution in [0.25, 0.3) is 0 Å². The number of hydrogen-bond donors (Lipinski definition) is 2. The van der Waals surface area contributed by atoms with Crippen LogP contribution in [0.4, 0.5) is 0 Å². The van der Waals surface area contributed by atoms with Crippen LogP contribution in [0.2, 0.25) is 0 Å². The average Bonchev–Trinajstić information content (AvgIpc) is 2.76. The van der Waals surface area contributed by atoms with E-state index in [-0.39, 0.29) is 0 Å². The molecule has 1 aromatic heterocycles. The van der Waals surface area contributed by atoms with Gasteiger partial charge in [0, 0.05) is 18.7 Å². The predicted molar refractivity (Wildman–Crippen MR) is 79.4 cm³/mol. The van der Waals surface area contributed by atoms with Crippen LogP contribution in [-0.2, 0) is 19.4 Å². The van der Waals surface area contributed by atoms with Gasteiger partial charge in [-0.1, -0.05) is 13.8 Å². The second-order valence-corrected chi connectivity index (χ2v) is 5.47. The van der Waals surface area contributed by atoms with Crippen LogP contribution in [0, 0.1) is 0 Å². The Bertz CT molecular complexity index is 371. The van der Waals surface area contributed by atoms with Crippen LogP contribution in [-0.4, -0.2) is 33.6 Å². The van der Waals surface area contributed by atoms with E-state index in [1.807, 2.05) is 11.6 Å². The lowest BCUT2D eigenvalue weighted by Crippen LogP contribution is -2.33. The number of aliphatic hydroxyl groups is 1. The van der Waals surface area contributed by atoms with Crippen molar-refractivity contribution in [2.75, 3.05) is 13.1 Å². The number of aromatic nitrogens is 2. The van der Waals surface area contributed by atoms with E-state index in [9.17, 15) is 5.11 Å². The smallest absolute Gasteiger partial charge is 0.0686 e. The van der Waals surface area contributed by atoms with E-state index in [0.29, 0.717) is 6.42 Å². The molecule has 0 amide bonds. The van der Waals surface area contributed by atoms with E-state index in [0.717, 1.165) is 50.3 Å². The van der Waals surface area contributed by atoms with Crippen molar-refractivity contribution < 1.29 is 5.11 Å². The molecule has 0 saturated carbocycles. The molecule has 110 valence electrons. The molecule has 4 heteroatoms. The van der Waals surface area contributed by atoms with Gasteiger partial charge in [0.25, 0.3) is 0 Å². The summed E-state index contributed by atoms with van der Waals surface area (Å²) in [5, 5.41) is 18.4. The number of hydrogen-bond acceptors (Lipinski definition) is 3. The highest BCUT2D eigenvalue weighted by Crippen LogP contribution is 2.18. The van der Waals surface area contributed by atoms with Gasteiger partial charge in [-0.25, -0.2) is 0 Å². The normalized spacial score (nSPS) is 14.6. The largest absolute Gasteiger partial charge is 0.390 e. The maximum atomic E-state index is 10.5. The second-order valence-electron chi connectivity index (χ2n) is 5.47. The fourth-order valence-corrected chi connectivity index (χ4v) is 2.24. The summed E-state index contributed by atoms with van der Waals surface area (Å²) in [6, 6.07) is 2.12. The predicted octanol–water partition coefficient (Wildman–Crippen LogP) is 2.15. The Hall–Kier alpha value is -0.870. The topological polar surface area (TPSA) is 50.1 Å². The summed E-state index contributed by atoms with van der Waals surface area (Å²) in [7, 11) is 0. The summed E-state index contributed by atoms with van der Waals surface area (Å²) in [6.07, 6.45) is 3.51. The van der Waals surface area contributed by atoms with Gasteiger partial charge in [0.15, 0.2) is 0 Å². The van der Waals surface area contributed by atoms with Crippen molar-refractivity contribution in [3.63, 3.8) is 0 Å².